The Kier molecular flexibility index (Phi) is 3.86. The van der Waals surface area contributed by atoms with E-state index in [4.69, 9.17) is 0 Å². The predicted octanol–water partition coefficient (Wildman–Crippen LogP) is 2.55. The van der Waals surface area contributed by atoms with Gasteiger partial charge in [-0.25, -0.2) is 9.67 Å². The van der Waals surface area contributed by atoms with Crippen molar-refractivity contribution < 1.29 is 4.79 Å². The van der Waals surface area contributed by atoms with Gasteiger partial charge in [0, 0.05) is 31.7 Å². The molecule has 1 aliphatic rings. The zero-order valence-corrected chi connectivity index (χ0v) is 13.3. The fourth-order valence-corrected chi connectivity index (χ4v) is 3.19. The molecule has 1 fully saturated rings. The molecule has 3 aromatic rings. The third-order valence-corrected chi connectivity index (χ3v) is 4.46. The topological polar surface area (TPSA) is 56.0 Å². The van der Waals surface area contributed by atoms with E-state index in [9.17, 15) is 4.79 Å². The Bertz CT molecular complexity index is 809. The van der Waals surface area contributed by atoms with E-state index >= 15 is 0 Å². The van der Waals surface area contributed by atoms with Crippen LogP contribution in [-0.4, -0.2) is 43.2 Å². The Morgan fingerprint density at radius 1 is 1.12 bits per heavy atom. The normalized spacial score (nSPS) is 17.8. The molecule has 3 heterocycles. The van der Waals surface area contributed by atoms with Crippen LogP contribution in [0, 0.1) is 0 Å². The predicted molar refractivity (Wildman–Crippen MR) is 90.0 cm³/mol. The molecule has 0 spiro atoms. The van der Waals surface area contributed by atoms with Gasteiger partial charge in [-0.05, 0) is 31.0 Å². The summed E-state index contributed by atoms with van der Waals surface area (Å²) in [6, 6.07) is 11.9. The lowest BCUT2D eigenvalue weighted by molar-refractivity contribution is 0.0673. The van der Waals surface area contributed by atoms with Gasteiger partial charge in [-0.15, -0.1) is 0 Å². The third kappa shape index (κ3) is 2.82. The zero-order chi connectivity index (χ0) is 16.4. The highest BCUT2D eigenvalue weighted by Gasteiger charge is 2.26. The van der Waals surface area contributed by atoms with Crippen LogP contribution in [-0.2, 0) is 0 Å². The van der Waals surface area contributed by atoms with Crippen LogP contribution in [0.15, 0.2) is 61.3 Å². The lowest BCUT2D eigenvalue weighted by Crippen LogP contribution is -2.40. The van der Waals surface area contributed by atoms with E-state index in [-0.39, 0.29) is 5.91 Å². The number of aromatic nitrogens is 4. The number of para-hydroxylation sites is 1. The highest BCUT2D eigenvalue weighted by Crippen LogP contribution is 2.22. The van der Waals surface area contributed by atoms with Crippen molar-refractivity contribution in [1.29, 1.82) is 0 Å². The molecule has 0 saturated carbocycles. The molecule has 24 heavy (non-hydrogen) atoms. The van der Waals surface area contributed by atoms with Crippen LogP contribution in [0.3, 0.4) is 0 Å². The number of carbonyl (C=O) groups excluding carboxylic acids is 1. The standard InChI is InChI=1S/C18H19N5O/c24-18(17-8-11-23(20-17)15-5-2-1-3-6-15)21-10-4-7-16(13-21)22-12-9-19-14-22/h1-3,5-6,8-9,11-12,14,16H,4,7,10,13H2/t16-/m0/s1. The Labute approximate surface area is 140 Å². The van der Waals surface area contributed by atoms with Crippen molar-refractivity contribution in [3.05, 3.63) is 67.0 Å². The number of hydrogen-bond acceptors (Lipinski definition) is 3. The molecule has 0 unspecified atom stereocenters. The van der Waals surface area contributed by atoms with Crippen LogP contribution < -0.4 is 0 Å². The average Bonchev–Trinajstić information content (AvgIpc) is 3.34. The minimum absolute atomic E-state index is 0.00510. The molecule has 6 nitrogen and oxygen atoms in total. The summed E-state index contributed by atoms with van der Waals surface area (Å²) in [5.41, 5.74) is 1.44. The zero-order valence-electron chi connectivity index (χ0n) is 13.3. The van der Waals surface area contributed by atoms with E-state index in [1.54, 1.807) is 16.9 Å². The van der Waals surface area contributed by atoms with Crippen molar-refractivity contribution in [2.75, 3.05) is 13.1 Å². The van der Waals surface area contributed by atoms with Gasteiger partial charge in [0.05, 0.1) is 18.1 Å². The average molecular weight is 321 g/mol. The second kappa shape index (κ2) is 6.31. The molecule has 0 N–H and O–H groups in total. The van der Waals surface area contributed by atoms with Crippen molar-refractivity contribution >= 4 is 5.91 Å². The Morgan fingerprint density at radius 2 is 2.00 bits per heavy atom. The summed E-state index contributed by atoms with van der Waals surface area (Å²) >= 11 is 0. The first-order valence-corrected chi connectivity index (χ1v) is 8.19. The molecule has 1 amide bonds. The monoisotopic (exact) mass is 321 g/mol. The lowest BCUT2D eigenvalue weighted by Gasteiger charge is -2.32. The fourth-order valence-electron chi connectivity index (χ4n) is 3.19. The Morgan fingerprint density at radius 3 is 2.79 bits per heavy atom. The third-order valence-electron chi connectivity index (χ3n) is 4.46. The van der Waals surface area contributed by atoms with Crippen LogP contribution in [0.25, 0.3) is 5.69 Å². The van der Waals surface area contributed by atoms with E-state index < -0.39 is 0 Å². The van der Waals surface area contributed by atoms with Gasteiger partial charge in [-0.2, -0.15) is 5.10 Å². The second-order valence-corrected chi connectivity index (χ2v) is 6.04. The van der Waals surface area contributed by atoms with E-state index in [1.807, 2.05) is 54.0 Å². The minimum atomic E-state index is -0.00510. The van der Waals surface area contributed by atoms with Crippen LogP contribution in [0.2, 0.25) is 0 Å². The Balaban J connectivity index is 1.50. The van der Waals surface area contributed by atoms with Gasteiger partial charge in [0.2, 0.25) is 0 Å². The summed E-state index contributed by atoms with van der Waals surface area (Å²) < 4.78 is 3.83. The molecule has 0 aliphatic carbocycles. The molecule has 1 atom stereocenters. The lowest BCUT2D eigenvalue weighted by atomic mass is 10.1. The van der Waals surface area contributed by atoms with E-state index in [0.717, 1.165) is 25.1 Å². The van der Waals surface area contributed by atoms with Crippen molar-refractivity contribution in [2.24, 2.45) is 0 Å². The van der Waals surface area contributed by atoms with Crippen LogP contribution in [0.5, 0.6) is 0 Å². The summed E-state index contributed by atoms with van der Waals surface area (Å²) in [5.74, 6) is -0.00510. The number of carbonyl (C=O) groups is 1. The highest BCUT2D eigenvalue weighted by molar-refractivity contribution is 5.92. The first-order chi connectivity index (χ1) is 11.8. The Hall–Kier alpha value is -2.89. The van der Waals surface area contributed by atoms with E-state index in [0.29, 0.717) is 18.3 Å². The molecular weight excluding hydrogens is 302 g/mol. The van der Waals surface area contributed by atoms with Gasteiger partial charge >= 0.3 is 0 Å². The maximum Gasteiger partial charge on any atom is 0.274 e. The maximum absolute atomic E-state index is 12.8. The van der Waals surface area contributed by atoms with Crippen LogP contribution in [0.1, 0.15) is 29.4 Å². The summed E-state index contributed by atoms with van der Waals surface area (Å²) in [6.07, 6.45) is 9.46. The summed E-state index contributed by atoms with van der Waals surface area (Å²) in [5, 5.41) is 4.45. The summed E-state index contributed by atoms with van der Waals surface area (Å²) in [4.78, 5) is 18.8. The number of imidazole rings is 1. The molecule has 0 radical (unpaired) electrons. The number of rotatable bonds is 3. The van der Waals surface area contributed by atoms with Crippen LogP contribution >= 0.6 is 0 Å². The smallest absolute Gasteiger partial charge is 0.274 e. The van der Waals surface area contributed by atoms with Gasteiger partial charge in [0.25, 0.3) is 5.91 Å². The van der Waals surface area contributed by atoms with Crippen LogP contribution in [0.4, 0.5) is 0 Å². The maximum atomic E-state index is 12.8. The first-order valence-electron chi connectivity index (χ1n) is 8.19. The highest BCUT2D eigenvalue weighted by atomic mass is 16.2. The number of likely N-dealkylation sites (tertiary alicyclic amines) is 1. The van der Waals surface area contributed by atoms with Crippen molar-refractivity contribution in [1.82, 2.24) is 24.2 Å². The second-order valence-electron chi connectivity index (χ2n) is 6.04. The fraction of sp³-hybridized carbons (Fsp3) is 0.278. The molecule has 0 bridgehead atoms. The van der Waals surface area contributed by atoms with Gasteiger partial charge in [-0.3, -0.25) is 4.79 Å². The SMILES string of the molecule is O=C(c1ccn(-c2ccccc2)n1)N1CCC[C@H](n2ccnc2)C1. The molecule has 122 valence electrons. The van der Waals surface area contributed by atoms with Gasteiger partial charge in [0.1, 0.15) is 0 Å². The first kappa shape index (κ1) is 14.7. The van der Waals surface area contributed by atoms with Gasteiger partial charge < -0.3 is 9.47 Å². The van der Waals surface area contributed by atoms with Crippen molar-refractivity contribution in [3.8, 4) is 5.69 Å². The molecule has 1 aromatic carbocycles. The summed E-state index contributed by atoms with van der Waals surface area (Å²) in [7, 11) is 0. The summed E-state index contributed by atoms with van der Waals surface area (Å²) in [6.45, 7) is 1.48. The number of benzene rings is 1. The van der Waals surface area contributed by atoms with Gasteiger partial charge in [-0.1, -0.05) is 18.2 Å². The molecule has 1 saturated heterocycles. The molecule has 4 rings (SSSR count). The van der Waals surface area contributed by atoms with Crippen molar-refractivity contribution in [3.63, 3.8) is 0 Å². The van der Waals surface area contributed by atoms with E-state index in [1.165, 1.54) is 0 Å². The molecule has 1 aliphatic heterocycles. The minimum Gasteiger partial charge on any atom is -0.335 e. The largest absolute Gasteiger partial charge is 0.335 e. The number of nitrogens with zero attached hydrogens (tertiary/aromatic N) is 5. The molecular formula is C18H19N5O. The van der Waals surface area contributed by atoms with Crippen molar-refractivity contribution in [2.45, 2.75) is 18.9 Å². The molecule has 2 aromatic heterocycles. The quantitative estimate of drug-likeness (QED) is 0.745. The van der Waals surface area contributed by atoms with Gasteiger partial charge in [0.15, 0.2) is 5.69 Å². The number of hydrogen-bond donors (Lipinski definition) is 0. The number of piperidine rings is 1. The van der Waals surface area contributed by atoms with E-state index in [2.05, 4.69) is 14.6 Å². The molecule has 6 heteroatoms. The number of amides is 1.